The SMILES string of the molecule is Nc1nccnc1SCc1csc(-c2ccccc2)n1. The Kier molecular flexibility index (Phi) is 3.94. The van der Waals surface area contributed by atoms with Gasteiger partial charge in [0.05, 0.1) is 5.69 Å². The van der Waals surface area contributed by atoms with Gasteiger partial charge in [-0.3, -0.25) is 0 Å². The summed E-state index contributed by atoms with van der Waals surface area (Å²) in [7, 11) is 0. The van der Waals surface area contributed by atoms with Gasteiger partial charge in [-0.15, -0.1) is 11.3 Å². The highest BCUT2D eigenvalue weighted by molar-refractivity contribution is 7.98. The van der Waals surface area contributed by atoms with E-state index in [1.165, 1.54) is 0 Å². The van der Waals surface area contributed by atoms with Gasteiger partial charge in [0.15, 0.2) is 5.82 Å². The van der Waals surface area contributed by atoms with Crippen molar-refractivity contribution in [2.45, 2.75) is 10.8 Å². The number of thiazole rings is 1. The van der Waals surface area contributed by atoms with Crippen LogP contribution in [0.1, 0.15) is 5.69 Å². The first-order valence-electron chi connectivity index (χ1n) is 6.02. The molecule has 0 saturated heterocycles. The van der Waals surface area contributed by atoms with E-state index in [4.69, 9.17) is 5.73 Å². The van der Waals surface area contributed by atoms with Gasteiger partial charge in [-0.2, -0.15) is 0 Å². The molecule has 6 heteroatoms. The van der Waals surface area contributed by atoms with Crippen molar-refractivity contribution in [3.05, 3.63) is 53.8 Å². The van der Waals surface area contributed by atoms with Crippen LogP contribution in [0.4, 0.5) is 5.82 Å². The van der Waals surface area contributed by atoms with E-state index < -0.39 is 0 Å². The van der Waals surface area contributed by atoms with Gasteiger partial charge in [-0.05, 0) is 0 Å². The topological polar surface area (TPSA) is 64.7 Å². The normalized spacial score (nSPS) is 10.6. The molecule has 0 radical (unpaired) electrons. The Morgan fingerprint density at radius 1 is 1.10 bits per heavy atom. The van der Waals surface area contributed by atoms with Gasteiger partial charge in [-0.1, -0.05) is 42.1 Å². The van der Waals surface area contributed by atoms with Crippen molar-refractivity contribution in [2.75, 3.05) is 5.73 Å². The van der Waals surface area contributed by atoms with Crippen LogP contribution in [0, 0.1) is 0 Å². The number of nitrogens with zero attached hydrogens (tertiary/aromatic N) is 3. The minimum atomic E-state index is 0.469. The third kappa shape index (κ3) is 2.97. The highest BCUT2D eigenvalue weighted by Gasteiger charge is 2.07. The summed E-state index contributed by atoms with van der Waals surface area (Å²) in [4.78, 5) is 12.9. The van der Waals surface area contributed by atoms with Gasteiger partial charge >= 0.3 is 0 Å². The number of hydrogen-bond acceptors (Lipinski definition) is 6. The number of anilines is 1. The number of aromatic nitrogens is 3. The summed E-state index contributed by atoms with van der Waals surface area (Å²) in [5.74, 6) is 1.21. The van der Waals surface area contributed by atoms with Gasteiger partial charge in [0.2, 0.25) is 0 Å². The second-order valence-corrected chi connectivity index (χ2v) is 5.87. The average Bonchev–Trinajstić information content (AvgIpc) is 2.96. The second kappa shape index (κ2) is 6.02. The van der Waals surface area contributed by atoms with E-state index in [0.29, 0.717) is 5.82 Å². The number of nitrogens with two attached hydrogens (primary N) is 1. The smallest absolute Gasteiger partial charge is 0.156 e. The zero-order valence-corrected chi connectivity index (χ0v) is 12.2. The fourth-order valence-electron chi connectivity index (χ4n) is 1.68. The first-order chi connectivity index (χ1) is 9.83. The molecule has 100 valence electrons. The molecule has 2 aromatic heterocycles. The molecule has 0 unspecified atom stereocenters. The lowest BCUT2D eigenvalue weighted by Crippen LogP contribution is -1.95. The van der Waals surface area contributed by atoms with Crippen molar-refractivity contribution in [1.82, 2.24) is 15.0 Å². The van der Waals surface area contributed by atoms with E-state index in [-0.39, 0.29) is 0 Å². The zero-order valence-electron chi connectivity index (χ0n) is 10.6. The summed E-state index contributed by atoms with van der Waals surface area (Å²) < 4.78 is 0. The summed E-state index contributed by atoms with van der Waals surface area (Å²) in [5, 5.41) is 3.86. The minimum Gasteiger partial charge on any atom is -0.381 e. The molecule has 2 heterocycles. The van der Waals surface area contributed by atoms with Crippen LogP contribution in [0.25, 0.3) is 10.6 Å². The van der Waals surface area contributed by atoms with Crippen molar-refractivity contribution >= 4 is 28.9 Å². The highest BCUT2D eigenvalue weighted by Crippen LogP contribution is 2.28. The molecule has 3 rings (SSSR count). The second-order valence-electron chi connectivity index (χ2n) is 4.05. The summed E-state index contributed by atoms with van der Waals surface area (Å²) in [6, 6.07) is 10.2. The lowest BCUT2D eigenvalue weighted by Gasteiger charge is -2.00. The summed E-state index contributed by atoms with van der Waals surface area (Å²) in [5.41, 5.74) is 7.95. The molecule has 0 aliphatic carbocycles. The Balaban J connectivity index is 1.71. The predicted molar refractivity (Wildman–Crippen MR) is 83.6 cm³/mol. The molecule has 0 aliphatic rings. The Labute approximate surface area is 125 Å². The molecule has 1 aromatic carbocycles. The van der Waals surface area contributed by atoms with Crippen LogP contribution in [-0.2, 0) is 5.75 Å². The molecular formula is C14H12N4S2. The van der Waals surface area contributed by atoms with Crippen LogP contribution in [0.3, 0.4) is 0 Å². The van der Waals surface area contributed by atoms with Gasteiger partial charge < -0.3 is 5.73 Å². The fraction of sp³-hybridized carbons (Fsp3) is 0.0714. The Morgan fingerprint density at radius 2 is 1.90 bits per heavy atom. The largest absolute Gasteiger partial charge is 0.381 e. The molecule has 0 bridgehead atoms. The number of rotatable bonds is 4. The van der Waals surface area contributed by atoms with Crippen molar-refractivity contribution in [2.24, 2.45) is 0 Å². The first kappa shape index (κ1) is 13.1. The summed E-state index contributed by atoms with van der Waals surface area (Å²) in [6.07, 6.45) is 3.24. The number of benzene rings is 1. The molecular weight excluding hydrogens is 288 g/mol. The molecule has 0 atom stereocenters. The third-order valence-electron chi connectivity index (χ3n) is 2.62. The first-order valence-corrected chi connectivity index (χ1v) is 7.88. The Morgan fingerprint density at radius 3 is 2.70 bits per heavy atom. The van der Waals surface area contributed by atoms with Crippen LogP contribution in [0.2, 0.25) is 0 Å². The molecule has 20 heavy (non-hydrogen) atoms. The predicted octanol–water partition coefficient (Wildman–Crippen LogP) is 3.47. The Bertz CT molecular complexity index is 697. The molecule has 0 aliphatic heterocycles. The van der Waals surface area contributed by atoms with Crippen LogP contribution >= 0.6 is 23.1 Å². The van der Waals surface area contributed by atoms with Crippen LogP contribution in [0.5, 0.6) is 0 Å². The van der Waals surface area contributed by atoms with Crippen LogP contribution in [0.15, 0.2) is 53.1 Å². The van der Waals surface area contributed by atoms with Gasteiger partial charge in [0.25, 0.3) is 0 Å². The molecule has 4 nitrogen and oxygen atoms in total. The monoisotopic (exact) mass is 300 g/mol. The van der Waals surface area contributed by atoms with Gasteiger partial charge in [-0.25, -0.2) is 15.0 Å². The summed E-state index contributed by atoms with van der Waals surface area (Å²) in [6.45, 7) is 0. The number of nitrogen functional groups attached to an aromatic ring is 1. The van der Waals surface area contributed by atoms with Gasteiger partial charge in [0, 0.05) is 29.1 Å². The lowest BCUT2D eigenvalue weighted by molar-refractivity contribution is 1.07. The quantitative estimate of drug-likeness (QED) is 0.747. The maximum atomic E-state index is 5.77. The summed E-state index contributed by atoms with van der Waals surface area (Å²) >= 11 is 3.20. The van der Waals surface area contributed by atoms with Crippen molar-refractivity contribution in [3.8, 4) is 10.6 Å². The highest BCUT2D eigenvalue weighted by atomic mass is 32.2. The van der Waals surface area contributed by atoms with Crippen molar-refractivity contribution in [3.63, 3.8) is 0 Å². The number of hydrogen-bond donors (Lipinski definition) is 1. The Hall–Kier alpha value is -1.92. The molecule has 0 saturated carbocycles. The zero-order chi connectivity index (χ0) is 13.8. The minimum absolute atomic E-state index is 0.469. The molecule has 0 fully saturated rings. The molecule has 0 amide bonds. The fourth-order valence-corrected chi connectivity index (χ4v) is 3.38. The third-order valence-corrected chi connectivity index (χ3v) is 4.59. The number of thioether (sulfide) groups is 1. The van der Waals surface area contributed by atoms with Gasteiger partial charge in [0.1, 0.15) is 10.0 Å². The van der Waals surface area contributed by atoms with E-state index in [1.807, 2.05) is 18.2 Å². The molecule has 0 spiro atoms. The standard InChI is InChI=1S/C14H12N4S2/c15-12-14(17-7-6-16-12)20-9-11-8-19-13(18-11)10-4-2-1-3-5-10/h1-8H,9H2,(H2,15,16). The average molecular weight is 300 g/mol. The van der Waals surface area contributed by atoms with E-state index >= 15 is 0 Å². The molecule has 2 N–H and O–H groups in total. The maximum absolute atomic E-state index is 5.77. The van der Waals surface area contributed by atoms with Crippen LogP contribution < -0.4 is 5.73 Å². The lowest BCUT2D eigenvalue weighted by atomic mass is 10.2. The van der Waals surface area contributed by atoms with E-state index in [1.54, 1.807) is 35.5 Å². The van der Waals surface area contributed by atoms with E-state index in [0.717, 1.165) is 27.0 Å². The van der Waals surface area contributed by atoms with E-state index in [9.17, 15) is 0 Å². The molecule has 3 aromatic rings. The maximum Gasteiger partial charge on any atom is 0.156 e. The van der Waals surface area contributed by atoms with Crippen molar-refractivity contribution in [1.29, 1.82) is 0 Å². The van der Waals surface area contributed by atoms with Crippen molar-refractivity contribution < 1.29 is 0 Å². The van der Waals surface area contributed by atoms with E-state index in [2.05, 4.69) is 32.5 Å². The van der Waals surface area contributed by atoms with Crippen LogP contribution in [-0.4, -0.2) is 15.0 Å².